The SMILES string of the molecule is CC(C)=O.[Ti].[Ti]. The maximum absolute atomic E-state index is 9.44. The van der Waals surface area contributed by atoms with Crippen LogP contribution in [0.5, 0.6) is 0 Å². The predicted octanol–water partition coefficient (Wildman–Crippen LogP) is 0.590. The van der Waals surface area contributed by atoms with Crippen LogP contribution < -0.4 is 0 Å². The Balaban J connectivity index is -0.0000000450. The zero-order valence-electron chi connectivity index (χ0n) is 3.91. The third-order valence-corrected chi connectivity index (χ3v) is 0. The van der Waals surface area contributed by atoms with Gasteiger partial charge in [-0.2, -0.15) is 0 Å². The summed E-state index contributed by atoms with van der Waals surface area (Å²) in [4.78, 5) is 9.44. The fourth-order valence-corrected chi connectivity index (χ4v) is 0. The third-order valence-electron chi connectivity index (χ3n) is 0. The first-order valence-corrected chi connectivity index (χ1v) is 1.20. The fraction of sp³-hybridized carbons (Fsp3) is 0.667. The molecule has 0 aromatic heterocycles. The van der Waals surface area contributed by atoms with Crippen LogP contribution in [0, 0.1) is 0 Å². The van der Waals surface area contributed by atoms with E-state index < -0.39 is 0 Å². The minimum absolute atomic E-state index is 0. The van der Waals surface area contributed by atoms with Gasteiger partial charge in [0.15, 0.2) is 0 Å². The summed E-state index contributed by atoms with van der Waals surface area (Å²) in [6, 6.07) is 0. The maximum Gasteiger partial charge on any atom is 0.126 e. The van der Waals surface area contributed by atoms with Crippen LogP contribution in [0.4, 0.5) is 0 Å². The van der Waals surface area contributed by atoms with Gasteiger partial charge in [0, 0.05) is 43.4 Å². The molecule has 6 heavy (non-hydrogen) atoms. The summed E-state index contributed by atoms with van der Waals surface area (Å²) in [6.07, 6.45) is 0. The molecule has 0 amide bonds. The first-order chi connectivity index (χ1) is 1.73. The summed E-state index contributed by atoms with van der Waals surface area (Å²) in [6.45, 7) is 3.06. The summed E-state index contributed by atoms with van der Waals surface area (Å²) in [5.74, 6) is 0.167. The van der Waals surface area contributed by atoms with Crippen LogP contribution in [0.25, 0.3) is 0 Å². The first kappa shape index (κ1) is 15.7. The summed E-state index contributed by atoms with van der Waals surface area (Å²) in [5.41, 5.74) is 0. The Morgan fingerprint density at radius 2 is 1.17 bits per heavy atom. The quantitative estimate of drug-likeness (QED) is 0.466. The van der Waals surface area contributed by atoms with Crippen LogP contribution in [0.1, 0.15) is 13.8 Å². The van der Waals surface area contributed by atoms with Crippen LogP contribution >= 0.6 is 0 Å². The molecule has 0 aliphatic rings. The van der Waals surface area contributed by atoms with Gasteiger partial charge in [0.05, 0.1) is 0 Å². The molecule has 0 unspecified atom stereocenters. The van der Waals surface area contributed by atoms with E-state index in [4.69, 9.17) is 0 Å². The van der Waals surface area contributed by atoms with Crippen molar-refractivity contribution in [1.29, 1.82) is 0 Å². The van der Waals surface area contributed by atoms with Gasteiger partial charge in [-0.15, -0.1) is 0 Å². The smallest absolute Gasteiger partial charge is 0.126 e. The van der Waals surface area contributed by atoms with Gasteiger partial charge < -0.3 is 4.79 Å². The molecule has 0 saturated heterocycles. The Morgan fingerprint density at radius 1 is 1.17 bits per heavy atom. The molecule has 3 heteroatoms. The van der Waals surface area contributed by atoms with Crippen molar-refractivity contribution in [2.75, 3.05) is 0 Å². The number of carbonyl (C=O) groups excluding carboxylic acids is 1. The number of carbonyl (C=O) groups is 1. The molecule has 0 heterocycles. The van der Waals surface area contributed by atoms with Gasteiger partial charge in [-0.25, -0.2) is 0 Å². The number of Topliss-reactive ketones (excluding diaryl/α,β-unsaturated/α-hetero) is 1. The average molecular weight is 154 g/mol. The molecule has 0 aromatic carbocycles. The van der Waals surface area contributed by atoms with Crippen molar-refractivity contribution < 1.29 is 48.2 Å². The van der Waals surface area contributed by atoms with Crippen molar-refractivity contribution in [3.63, 3.8) is 0 Å². The van der Waals surface area contributed by atoms with E-state index in [-0.39, 0.29) is 49.2 Å². The van der Waals surface area contributed by atoms with E-state index in [2.05, 4.69) is 0 Å². The van der Waals surface area contributed by atoms with Gasteiger partial charge in [0.2, 0.25) is 0 Å². The Labute approximate surface area is 67.6 Å². The zero-order valence-corrected chi connectivity index (χ0v) is 7.03. The summed E-state index contributed by atoms with van der Waals surface area (Å²) in [5, 5.41) is 0. The molecule has 0 N–H and O–H groups in total. The van der Waals surface area contributed by atoms with Gasteiger partial charge >= 0.3 is 0 Å². The van der Waals surface area contributed by atoms with Gasteiger partial charge in [-0.05, 0) is 13.8 Å². The van der Waals surface area contributed by atoms with Crippen molar-refractivity contribution in [3.05, 3.63) is 0 Å². The summed E-state index contributed by atoms with van der Waals surface area (Å²) >= 11 is 0. The second kappa shape index (κ2) is 9.44. The number of rotatable bonds is 0. The molecule has 0 fully saturated rings. The largest absolute Gasteiger partial charge is 0.300 e. The van der Waals surface area contributed by atoms with Gasteiger partial charge in [-0.3, -0.25) is 0 Å². The van der Waals surface area contributed by atoms with Crippen molar-refractivity contribution >= 4 is 5.78 Å². The van der Waals surface area contributed by atoms with E-state index >= 15 is 0 Å². The predicted molar refractivity (Wildman–Crippen MR) is 16.4 cm³/mol. The molecule has 0 radical (unpaired) electrons. The van der Waals surface area contributed by atoms with Gasteiger partial charge in [-0.1, -0.05) is 0 Å². The number of hydrogen-bond acceptors (Lipinski definition) is 1. The standard InChI is InChI=1S/C3H6O.2Ti/c1-3(2)4;;/h1-2H3;;. The second-order valence-electron chi connectivity index (χ2n) is 0.908. The number of ketones is 1. The Hall–Kier alpha value is 1.10. The van der Waals surface area contributed by atoms with Crippen molar-refractivity contribution in [2.24, 2.45) is 0 Å². The molecule has 0 aliphatic heterocycles. The molecule has 0 rings (SSSR count). The Bertz CT molecular complexity index is 31.8. The molecule has 1 nitrogen and oxygen atoms in total. The molecule has 32 valence electrons. The van der Waals surface area contributed by atoms with Crippen LogP contribution in [0.2, 0.25) is 0 Å². The maximum atomic E-state index is 9.44. The summed E-state index contributed by atoms with van der Waals surface area (Å²) in [7, 11) is 0. The van der Waals surface area contributed by atoms with Gasteiger partial charge in [0.1, 0.15) is 5.78 Å². The normalized spacial score (nSPS) is 4.33. The Morgan fingerprint density at radius 3 is 1.17 bits per heavy atom. The van der Waals surface area contributed by atoms with E-state index in [9.17, 15) is 4.79 Å². The monoisotopic (exact) mass is 154 g/mol. The minimum Gasteiger partial charge on any atom is -0.300 e. The van der Waals surface area contributed by atoms with E-state index in [1.807, 2.05) is 0 Å². The minimum atomic E-state index is 0. The molecular weight excluding hydrogens is 148 g/mol. The van der Waals surface area contributed by atoms with Crippen molar-refractivity contribution in [3.8, 4) is 0 Å². The number of hydrogen-bond donors (Lipinski definition) is 0. The topological polar surface area (TPSA) is 17.1 Å². The van der Waals surface area contributed by atoms with Crippen LogP contribution in [0.3, 0.4) is 0 Å². The zero-order chi connectivity index (χ0) is 3.58. The van der Waals surface area contributed by atoms with Crippen molar-refractivity contribution in [2.45, 2.75) is 13.8 Å². The molecule has 0 bridgehead atoms. The molecule has 0 aromatic rings. The van der Waals surface area contributed by atoms with E-state index in [1.54, 1.807) is 0 Å². The van der Waals surface area contributed by atoms with Crippen LogP contribution in [0.15, 0.2) is 0 Å². The molecular formula is C3H6OTi2. The molecule has 0 saturated carbocycles. The molecule has 0 spiro atoms. The van der Waals surface area contributed by atoms with E-state index in [0.29, 0.717) is 0 Å². The van der Waals surface area contributed by atoms with Crippen molar-refractivity contribution in [1.82, 2.24) is 0 Å². The average Bonchev–Trinajstić information content (AvgIpc) is 0.811. The third kappa shape index (κ3) is 71.0. The van der Waals surface area contributed by atoms with Gasteiger partial charge in [0.25, 0.3) is 0 Å². The fourth-order valence-electron chi connectivity index (χ4n) is 0. The molecule has 0 aliphatic carbocycles. The summed E-state index contributed by atoms with van der Waals surface area (Å²) < 4.78 is 0. The van der Waals surface area contributed by atoms with Crippen LogP contribution in [-0.2, 0) is 48.2 Å². The Kier molecular flexibility index (Phi) is 24.7. The van der Waals surface area contributed by atoms with E-state index in [1.165, 1.54) is 13.8 Å². The van der Waals surface area contributed by atoms with Crippen LogP contribution in [-0.4, -0.2) is 5.78 Å². The first-order valence-electron chi connectivity index (χ1n) is 1.20. The molecule has 0 atom stereocenters. The van der Waals surface area contributed by atoms with E-state index in [0.717, 1.165) is 0 Å². The second-order valence-corrected chi connectivity index (χ2v) is 0.908.